The molecule has 0 radical (unpaired) electrons. The van der Waals surface area contributed by atoms with E-state index in [-0.39, 0.29) is 12.1 Å². The lowest BCUT2D eigenvalue weighted by molar-refractivity contribution is 0.352. The van der Waals surface area contributed by atoms with Crippen molar-refractivity contribution in [3.8, 4) is 11.5 Å². The van der Waals surface area contributed by atoms with Gasteiger partial charge in [0.15, 0.2) is 11.5 Å². The molecule has 3 aromatic rings. The predicted molar refractivity (Wildman–Crippen MR) is 101 cm³/mol. The highest BCUT2D eigenvalue weighted by Gasteiger charge is 2.31. The maximum atomic E-state index is 5.46. The summed E-state index contributed by atoms with van der Waals surface area (Å²) < 4.78 is 13.7. The highest BCUT2D eigenvalue weighted by atomic mass is 79.9. The van der Waals surface area contributed by atoms with Crippen LogP contribution < -0.4 is 14.8 Å². The van der Waals surface area contributed by atoms with Crippen LogP contribution in [0.4, 0.5) is 5.95 Å². The average molecular weight is 416 g/mol. The molecule has 0 bridgehead atoms. The van der Waals surface area contributed by atoms with Crippen LogP contribution in [0.3, 0.4) is 0 Å². The van der Waals surface area contributed by atoms with Gasteiger partial charge in [-0.3, -0.25) is 0 Å². The molecule has 0 unspecified atom stereocenters. The molecule has 0 saturated carbocycles. The molecule has 0 saturated heterocycles. The van der Waals surface area contributed by atoms with E-state index in [1.807, 2.05) is 35.0 Å². The number of methoxy groups -OCH3 is 2. The van der Waals surface area contributed by atoms with Crippen LogP contribution in [0.5, 0.6) is 11.5 Å². The SMILES string of the molecule is COc1ccc([C@H]2C[C@@H](c3cccc(Br)c3)Nc3nnnn32)cc1OC. The van der Waals surface area contributed by atoms with Crippen LogP contribution in [-0.2, 0) is 0 Å². The van der Waals surface area contributed by atoms with Crippen LogP contribution in [0, 0.1) is 0 Å². The summed E-state index contributed by atoms with van der Waals surface area (Å²) in [5.41, 5.74) is 2.25. The molecule has 134 valence electrons. The van der Waals surface area contributed by atoms with E-state index in [1.165, 1.54) is 5.56 Å². The van der Waals surface area contributed by atoms with Crippen LogP contribution in [0.15, 0.2) is 46.9 Å². The molecule has 0 aliphatic carbocycles. The molecule has 0 spiro atoms. The van der Waals surface area contributed by atoms with Crippen molar-refractivity contribution in [2.75, 3.05) is 19.5 Å². The number of fused-ring (bicyclic) bond motifs is 1. The maximum absolute atomic E-state index is 5.46. The molecule has 1 aliphatic rings. The first kappa shape index (κ1) is 16.8. The van der Waals surface area contributed by atoms with E-state index >= 15 is 0 Å². The average Bonchev–Trinajstić information content (AvgIpc) is 3.15. The predicted octanol–water partition coefficient (Wildman–Crippen LogP) is 3.60. The number of nitrogens with zero attached hydrogens (tertiary/aromatic N) is 4. The zero-order valence-corrected chi connectivity index (χ0v) is 16.0. The third kappa shape index (κ3) is 3.01. The Kier molecular flexibility index (Phi) is 4.50. The minimum Gasteiger partial charge on any atom is -0.493 e. The summed E-state index contributed by atoms with van der Waals surface area (Å²) in [5, 5.41) is 15.6. The number of halogens is 1. The van der Waals surface area contributed by atoms with Crippen LogP contribution in [0.25, 0.3) is 0 Å². The Hall–Kier alpha value is -2.61. The Labute approximate surface area is 159 Å². The number of tetrazole rings is 1. The molecule has 2 heterocycles. The first-order valence-electron chi connectivity index (χ1n) is 8.21. The number of hydrogen-bond acceptors (Lipinski definition) is 6. The Balaban J connectivity index is 1.74. The molecular weight excluding hydrogens is 398 g/mol. The van der Waals surface area contributed by atoms with Gasteiger partial charge in [-0.15, -0.1) is 0 Å². The van der Waals surface area contributed by atoms with E-state index in [4.69, 9.17) is 9.47 Å². The van der Waals surface area contributed by atoms with Crippen LogP contribution in [0.1, 0.15) is 29.6 Å². The summed E-state index contributed by atoms with van der Waals surface area (Å²) in [6.45, 7) is 0. The fourth-order valence-corrected chi connectivity index (χ4v) is 3.73. The zero-order chi connectivity index (χ0) is 18.1. The second kappa shape index (κ2) is 6.95. The highest BCUT2D eigenvalue weighted by molar-refractivity contribution is 9.10. The molecule has 2 atom stereocenters. The quantitative estimate of drug-likeness (QED) is 0.701. The van der Waals surface area contributed by atoms with Crippen LogP contribution >= 0.6 is 15.9 Å². The molecule has 1 N–H and O–H groups in total. The zero-order valence-electron chi connectivity index (χ0n) is 14.4. The second-order valence-corrected chi connectivity index (χ2v) is 6.98. The molecule has 4 rings (SSSR count). The summed E-state index contributed by atoms with van der Waals surface area (Å²) >= 11 is 3.54. The number of benzene rings is 2. The third-order valence-corrected chi connectivity index (χ3v) is 5.09. The first-order valence-corrected chi connectivity index (χ1v) is 9.00. The summed E-state index contributed by atoms with van der Waals surface area (Å²) in [6.07, 6.45) is 0.810. The van der Waals surface area contributed by atoms with Crippen molar-refractivity contribution >= 4 is 21.9 Å². The Morgan fingerprint density at radius 3 is 2.69 bits per heavy atom. The van der Waals surface area contributed by atoms with Gasteiger partial charge in [0, 0.05) is 4.47 Å². The normalized spacial score (nSPS) is 18.7. The largest absolute Gasteiger partial charge is 0.493 e. The second-order valence-electron chi connectivity index (χ2n) is 6.06. The maximum Gasteiger partial charge on any atom is 0.243 e. The fourth-order valence-electron chi connectivity index (χ4n) is 3.32. The van der Waals surface area contributed by atoms with Gasteiger partial charge < -0.3 is 14.8 Å². The molecule has 2 aromatic carbocycles. The van der Waals surface area contributed by atoms with E-state index in [0.717, 1.165) is 16.5 Å². The lowest BCUT2D eigenvalue weighted by Crippen LogP contribution is -2.28. The van der Waals surface area contributed by atoms with Gasteiger partial charge in [0.2, 0.25) is 5.95 Å². The molecule has 7 nitrogen and oxygen atoms in total. The van der Waals surface area contributed by atoms with Gasteiger partial charge in [-0.05, 0) is 52.2 Å². The molecule has 0 fully saturated rings. The standard InChI is InChI=1S/C18H18BrN5O2/c1-25-16-7-6-12(9-17(16)26-2)15-10-14(11-4-3-5-13(19)8-11)20-18-21-22-23-24(15)18/h3-9,14-15H,10H2,1-2H3,(H,20,21,23)/t14-,15+/m0/s1. The number of aromatic nitrogens is 4. The van der Waals surface area contributed by atoms with Gasteiger partial charge in [-0.25, -0.2) is 4.68 Å². The number of hydrogen-bond donors (Lipinski definition) is 1. The Morgan fingerprint density at radius 2 is 1.92 bits per heavy atom. The highest BCUT2D eigenvalue weighted by Crippen LogP contribution is 2.39. The first-order chi connectivity index (χ1) is 12.7. The lowest BCUT2D eigenvalue weighted by Gasteiger charge is -2.31. The van der Waals surface area contributed by atoms with E-state index in [0.29, 0.717) is 17.4 Å². The summed E-state index contributed by atoms with van der Waals surface area (Å²) in [6, 6.07) is 14.3. The monoisotopic (exact) mass is 415 g/mol. The van der Waals surface area contributed by atoms with Crippen molar-refractivity contribution in [3.63, 3.8) is 0 Å². The molecular formula is C18H18BrN5O2. The van der Waals surface area contributed by atoms with Crippen molar-refractivity contribution in [2.45, 2.75) is 18.5 Å². The fraction of sp³-hybridized carbons (Fsp3) is 0.278. The number of anilines is 1. The number of ether oxygens (including phenoxy) is 2. The smallest absolute Gasteiger partial charge is 0.243 e. The summed E-state index contributed by atoms with van der Waals surface area (Å²) in [4.78, 5) is 0. The van der Waals surface area contributed by atoms with Crippen molar-refractivity contribution in [3.05, 3.63) is 58.1 Å². The van der Waals surface area contributed by atoms with Crippen LogP contribution in [0.2, 0.25) is 0 Å². The van der Waals surface area contributed by atoms with E-state index in [2.05, 4.69) is 48.9 Å². The number of rotatable bonds is 4. The third-order valence-electron chi connectivity index (χ3n) is 4.59. The summed E-state index contributed by atoms with van der Waals surface area (Å²) in [7, 11) is 3.27. The minimum absolute atomic E-state index is 0.00922. The lowest BCUT2D eigenvalue weighted by atomic mass is 9.93. The molecule has 26 heavy (non-hydrogen) atoms. The van der Waals surface area contributed by atoms with E-state index < -0.39 is 0 Å². The van der Waals surface area contributed by atoms with Gasteiger partial charge in [0.25, 0.3) is 0 Å². The Morgan fingerprint density at radius 1 is 1.08 bits per heavy atom. The minimum atomic E-state index is -0.00922. The summed E-state index contributed by atoms with van der Waals surface area (Å²) in [5.74, 6) is 2.05. The Bertz CT molecular complexity index is 929. The number of nitrogens with one attached hydrogen (secondary N) is 1. The van der Waals surface area contributed by atoms with Gasteiger partial charge in [0.05, 0.1) is 26.3 Å². The molecule has 1 aromatic heterocycles. The van der Waals surface area contributed by atoms with Gasteiger partial charge in [-0.2, -0.15) is 0 Å². The van der Waals surface area contributed by atoms with E-state index in [9.17, 15) is 0 Å². The van der Waals surface area contributed by atoms with Crippen molar-refractivity contribution in [1.82, 2.24) is 20.2 Å². The van der Waals surface area contributed by atoms with Gasteiger partial charge >= 0.3 is 0 Å². The molecule has 8 heteroatoms. The molecule has 0 amide bonds. The van der Waals surface area contributed by atoms with Gasteiger partial charge in [-0.1, -0.05) is 39.2 Å². The van der Waals surface area contributed by atoms with Gasteiger partial charge in [0.1, 0.15) is 0 Å². The van der Waals surface area contributed by atoms with Crippen LogP contribution in [-0.4, -0.2) is 34.4 Å². The topological polar surface area (TPSA) is 74.1 Å². The van der Waals surface area contributed by atoms with Crippen molar-refractivity contribution in [2.24, 2.45) is 0 Å². The molecule has 1 aliphatic heterocycles. The van der Waals surface area contributed by atoms with E-state index in [1.54, 1.807) is 14.2 Å². The van der Waals surface area contributed by atoms with Crippen molar-refractivity contribution < 1.29 is 9.47 Å². The van der Waals surface area contributed by atoms with Crippen molar-refractivity contribution in [1.29, 1.82) is 0 Å².